The van der Waals surface area contributed by atoms with Gasteiger partial charge in [0.25, 0.3) is 15.0 Å². The van der Waals surface area contributed by atoms with Gasteiger partial charge in [0.15, 0.2) is 0 Å². The van der Waals surface area contributed by atoms with E-state index in [9.17, 15) is 21.8 Å². The molecule has 118 valence electrons. The molecular weight excluding hydrogens is 341 g/mol. The number of carbonyl (C=O) groups excluding carboxylic acids is 1. The van der Waals surface area contributed by atoms with Crippen molar-refractivity contribution in [2.75, 3.05) is 12.0 Å². The molecule has 0 fully saturated rings. The van der Waals surface area contributed by atoms with Gasteiger partial charge in [-0.3, -0.25) is 9.00 Å². The Morgan fingerprint density at radius 2 is 2.10 bits per heavy atom. The SMILES string of the molecule is CC(CCS(C)=O)NC(=O)c1ccc(S(=O)(=O)Cl)cc1F. The molecule has 1 amide bonds. The van der Waals surface area contributed by atoms with Crippen LogP contribution in [0.3, 0.4) is 0 Å². The average Bonchev–Trinajstić information content (AvgIpc) is 2.34. The number of carbonyl (C=O) groups is 1. The van der Waals surface area contributed by atoms with Gasteiger partial charge in [-0.25, -0.2) is 12.8 Å². The third kappa shape index (κ3) is 5.72. The lowest BCUT2D eigenvalue weighted by atomic mass is 10.1. The van der Waals surface area contributed by atoms with E-state index in [1.165, 1.54) is 0 Å². The first-order chi connectivity index (χ1) is 9.61. The lowest BCUT2D eigenvalue weighted by molar-refractivity contribution is 0.0935. The van der Waals surface area contributed by atoms with Gasteiger partial charge in [0.2, 0.25) is 0 Å². The molecule has 0 aliphatic rings. The van der Waals surface area contributed by atoms with Crippen molar-refractivity contribution in [1.82, 2.24) is 5.32 Å². The Hall–Kier alpha value is -0.990. The molecule has 1 aromatic rings. The standard InChI is InChI=1S/C12H15ClFNO4S2/c1-8(5-6-20(2)17)15-12(16)10-4-3-9(7-11(10)14)21(13,18)19/h3-4,7-8H,5-6H2,1-2H3,(H,15,16). The Balaban J connectivity index is 2.82. The van der Waals surface area contributed by atoms with Crippen molar-refractivity contribution in [2.24, 2.45) is 0 Å². The smallest absolute Gasteiger partial charge is 0.261 e. The first kappa shape index (κ1) is 18.1. The summed E-state index contributed by atoms with van der Waals surface area (Å²) in [6, 6.07) is 2.54. The van der Waals surface area contributed by atoms with Gasteiger partial charge in [-0.1, -0.05) is 0 Å². The summed E-state index contributed by atoms with van der Waals surface area (Å²) in [7, 11) is 0.0819. The third-order valence-corrected chi connectivity index (χ3v) is 4.84. The van der Waals surface area contributed by atoms with Crippen molar-refractivity contribution < 1.29 is 21.8 Å². The fraction of sp³-hybridized carbons (Fsp3) is 0.417. The highest BCUT2D eigenvalue weighted by molar-refractivity contribution is 8.13. The van der Waals surface area contributed by atoms with Crippen molar-refractivity contribution in [3.63, 3.8) is 0 Å². The zero-order valence-electron chi connectivity index (χ0n) is 11.4. The van der Waals surface area contributed by atoms with Crippen molar-refractivity contribution in [2.45, 2.75) is 24.3 Å². The largest absolute Gasteiger partial charge is 0.349 e. The first-order valence-corrected chi connectivity index (χ1v) is 10.00. The number of halogens is 2. The highest BCUT2D eigenvalue weighted by atomic mass is 35.7. The van der Waals surface area contributed by atoms with Crippen LogP contribution < -0.4 is 5.32 Å². The second-order valence-corrected chi connectivity index (χ2v) is 8.64. The lowest BCUT2D eigenvalue weighted by Gasteiger charge is -2.13. The van der Waals surface area contributed by atoms with Gasteiger partial charge in [-0.2, -0.15) is 0 Å². The molecule has 0 spiro atoms. The van der Waals surface area contributed by atoms with E-state index in [0.29, 0.717) is 18.2 Å². The fourth-order valence-corrected chi connectivity index (χ4v) is 3.00. The van der Waals surface area contributed by atoms with Crippen LogP contribution in [0.5, 0.6) is 0 Å². The molecule has 0 aromatic heterocycles. The molecule has 1 rings (SSSR count). The van der Waals surface area contributed by atoms with E-state index in [0.717, 1.165) is 12.1 Å². The van der Waals surface area contributed by atoms with E-state index < -0.39 is 36.5 Å². The van der Waals surface area contributed by atoms with E-state index in [4.69, 9.17) is 10.7 Å². The van der Waals surface area contributed by atoms with Gasteiger partial charge < -0.3 is 5.32 Å². The maximum atomic E-state index is 13.8. The van der Waals surface area contributed by atoms with E-state index >= 15 is 0 Å². The van der Waals surface area contributed by atoms with Crippen LogP contribution in [-0.2, 0) is 19.9 Å². The zero-order chi connectivity index (χ0) is 16.2. The van der Waals surface area contributed by atoms with Crippen LogP contribution in [-0.4, -0.2) is 36.6 Å². The maximum Gasteiger partial charge on any atom is 0.261 e. The molecule has 0 bridgehead atoms. The predicted octanol–water partition coefficient (Wildman–Crippen LogP) is 1.64. The molecule has 0 radical (unpaired) electrons. The molecule has 0 aliphatic carbocycles. The fourth-order valence-electron chi connectivity index (χ4n) is 1.55. The van der Waals surface area contributed by atoms with Gasteiger partial charge in [0, 0.05) is 39.5 Å². The van der Waals surface area contributed by atoms with Crippen LogP contribution in [0.4, 0.5) is 4.39 Å². The number of nitrogens with one attached hydrogen (secondary N) is 1. The molecule has 0 aliphatic heterocycles. The van der Waals surface area contributed by atoms with E-state index in [2.05, 4.69) is 5.32 Å². The normalized spacial score (nSPS) is 14.5. The quantitative estimate of drug-likeness (QED) is 0.787. The highest BCUT2D eigenvalue weighted by Gasteiger charge is 2.18. The van der Waals surface area contributed by atoms with Crippen LogP contribution >= 0.6 is 10.7 Å². The summed E-state index contributed by atoms with van der Waals surface area (Å²) in [5, 5.41) is 2.55. The van der Waals surface area contributed by atoms with Gasteiger partial charge >= 0.3 is 0 Å². The minimum Gasteiger partial charge on any atom is -0.349 e. The molecule has 0 saturated heterocycles. The number of benzene rings is 1. The second-order valence-electron chi connectivity index (χ2n) is 4.52. The highest BCUT2D eigenvalue weighted by Crippen LogP contribution is 2.18. The molecule has 1 aromatic carbocycles. The maximum absolute atomic E-state index is 13.8. The van der Waals surface area contributed by atoms with Crippen molar-refractivity contribution >= 4 is 36.4 Å². The number of hydrogen-bond donors (Lipinski definition) is 1. The van der Waals surface area contributed by atoms with Crippen molar-refractivity contribution in [1.29, 1.82) is 0 Å². The summed E-state index contributed by atoms with van der Waals surface area (Å²) >= 11 is 0. The summed E-state index contributed by atoms with van der Waals surface area (Å²) in [6.45, 7) is 1.71. The molecule has 5 nitrogen and oxygen atoms in total. The monoisotopic (exact) mass is 355 g/mol. The topological polar surface area (TPSA) is 80.3 Å². The Bertz CT molecular complexity index is 663. The molecule has 2 unspecified atom stereocenters. The Labute approximate surface area is 129 Å². The molecular formula is C12H15ClFNO4S2. The van der Waals surface area contributed by atoms with Crippen LogP contribution in [0.1, 0.15) is 23.7 Å². The lowest BCUT2D eigenvalue weighted by Crippen LogP contribution is -2.34. The molecule has 0 saturated carbocycles. The van der Waals surface area contributed by atoms with Crippen LogP contribution in [0, 0.1) is 5.82 Å². The number of amides is 1. The Morgan fingerprint density at radius 3 is 2.57 bits per heavy atom. The minimum absolute atomic E-state index is 0.275. The van der Waals surface area contributed by atoms with Crippen LogP contribution in [0.15, 0.2) is 23.1 Å². The zero-order valence-corrected chi connectivity index (χ0v) is 13.8. The summed E-state index contributed by atoms with van der Waals surface area (Å²) in [5.74, 6) is -1.21. The Kier molecular flexibility index (Phi) is 6.30. The number of hydrogen-bond acceptors (Lipinski definition) is 4. The van der Waals surface area contributed by atoms with Crippen molar-refractivity contribution in [3.05, 3.63) is 29.6 Å². The Morgan fingerprint density at radius 1 is 1.48 bits per heavy atom. The predicted molar refractivity (Wildman–Crippen MR) is 79.9 cm³/mol. The van der Waals surface area contributed by atoms with Crippen molar-refractivity contribution in [3.8, 4) is 0 Å². The second kappa shape index (κ2) is 7.33. The van der Waals surface area contributed by atoms with E-state index in [1.807, 2.05) is 0 Å². The number of rotatable bonds is 6. The van der Waals surface area contributed by atoms with Gasteiger partial charge in [0.1, 0.15) is 5.82 Å². The average molecular weight is 356 g/mol. The third-order valence-electron chi connectivity index (χ3n) is 2.68. The van der Waals surface area contributed by atoms with E-state index in [1.54, 1.807) is 13.2 Å². The van der Waals surface area contributed by atoms with Crippen LogP contribution in [0.2, 0.25) is 0 Å². The van der Waals surface area contributed by atoms with Gasteiger partial charge in [-0.05, 0) is 31.5 Å². The summed E-state index contributed by atoms with van der Waals surface area (Å²) in [4.78, 5) is 11.5. The first-order valence-electron chi connectivity index (χ1n) is 5.96. The van der Waals surface area contributed by atoms with Gasteiger partial charge in [-0.15, -0.1) is 0 Å². The molecule has 9 heteroatoms. The van der Waals surface area contributed by atoms with Gasteiger partial charge in [0.05, 0.1) is 10.5 Å². The molecule has 0 heterocycles. The molecule has 2 atom stereocenters. The summed E-state index contributed by atoms with van der Waals surface area (Å²) in [5.41, 5.74) is -0.275. The molecule has 1 N–H and O–H groups in total. The van der Waals surface area contributed by atoms with E-state index in [-0.39, 0.29) is 11.6 Å². The summed E-state index contributed by atoms with van der Waals surface area (Å²) < 4.78 is 46.8. The summed E-state index contributed by atoms with van der Waals surface area (Å²) in [6.07, 6.45) is 2.05. The van der Waals surface area contributed by atoms with Crippen LogP contribution in [0.25, 0.3) is 0 Å². The molecule has 21 heavy (non-hydrogen) atoms. The minimum atomic E-state index is -4.04.